The van der Waals surface area contributed by atoms with Crippen molar-refractivity contribution in [3.05, 3.63) is 16.4 Å². The third kappa shape index (κ3) is 2.71. The number of carbonyl (C=O) groups excluding carboxylic acids is 1. The summed E-state index contributed by atoms with van der Waals surface area (Å²) in [5.74, 6) is -0.0113. The molecule has 0 spiro atoms. The average molecular weight is 289 g/mol. The van der Waals surface area contributed by atoms with E-state index >= 15 is 0 Å². The van der Waals surface area contributed by atoms with Crippen LogP contribution >= 0.6 is 15.9 Å². The highest BCUT2D eigenvalue weighted by Crippen LogP contribution is 2.19. The Bertz CT molecular complexity index is 359. The maximum Gasteiger partial charge on any atom is 0.210 e. The van der Waals surface area contributed by atoms with Crippen LogP contribution in [0.2, 0.25) is 0 Å². The summed E-state index contributed by atoms with van der Waals surface area (Å²) in [6, 6.07) is 0. The van der Waals surface area contributed by atoms with Crippen LogP contribution in [0.4, 0.5) is 0 Å². The summed E-state index contributed by atoms with van der Waals surface area (Å²) >= 11 is 3.35. The third-order valence-electron chi connectivity index (χ3n) is 2.41. The highest BCUT2D eigenvalue weighted by Gasteiger charge is 2.24. The van der Waals surface area contributed by atoms with E-state index in [-0.39, 0.29) is 11.9 Å². The Balaban J connectivity index is 3.01. The first kappa shape index (κ1) is 13.4. The topological polar surface area (TPSA) is 44.1 Å². The van der Waals surface area contributed by atoms with Crippen molar-refractivity contribution < 1.29 is 9.53 Å². The minimum atomic E-state index is -0.386. The summed E-state index contributed by atoms with van der Waals surface area (Å²) in [5, 5.41) is 4.17. The van der Waals surface area contributed by atoms with Gasteiger partial charge in [-0.2, -0.15) is 5.10 Å². The molecule has 0 fully saturated rings. The number of hydrogen-bond acceptors (Lipinski definition) is 3. The van der Waals surface area contributed by atoms with Crippen LogP contribution in [-0.2, 0) is 11.3 Å². The number of halogens is 1. The van der Waals surface area contributed by atoms with Crippen LogP contribution in [-0.4, -0.2) is 28.8 Å². The molecule has 0 radical (unpaired) electrons. The molecule has 0 bridgehead atoms. The van der Waals surface area contributed by atoms with Crippen LogP contribution in [0.5, 0.6) is 0 Å². The lowest BCUT2D eigenvalue weighted by Crippen LogP contribution is -2.25. The second-order valence-electron chi connectivity index (χ2n) is 3.56. The van der Waals surface area contributed by atoms with Crippen LogP contribution in [0.15, 0.2) is 10.7 Å². The summed E-state index contributed by atoms with van der Waals surface area (Å²) in [7, 11) is 1.56. The summed E-state index contributed by atoms with van der Waals surface area (Å²) in [6.07, 6.45) is 2.88. The van der Waals surface area contributed by atoms with E-state index in [9.17, 15) is 4.79 Å². The molecule has 0 amide bonds. The van der Waals surface area contributed by atoms with Crippen LogP contribution in [0, 0.1) is 0 Å². The molecule has 1 heterocycles. The van der Waals surface area contributed by atoms with Crippen molar-refractivity contribution in [3.63, 3.8) is 0 Å². The Morgan fingerprint density at radius 3 is 2.81 bits per heavy atom. The van der Waals surface area contributed by atoms with Gasteiger partial charge in [-0.25, -0.2) is 0 Å². The molecule has 0 aliphatic heterocycles. The summed E-state index contributed by atoms with van der Waals surface area (Å²) in [6.45, 7) is 4.73. The zero-order chi connectivity index (χ0) is 12.1. The van der Waals surface area contributed by atoms with Gasteiger partial charge in [0.05, 0.1) is 10.7 Å². The first-order chi connectivity index (χ1) is 7.65. The lowest BCUT2D eigenvalue weighted by molar-refractivity contribution is 0.0583. The van der Waals surface area contributed by atoms with E-state index in [0.717, 1.165) is 17.4 Å². The zero-order valence-electron chi connectivity index (χ0n) is 9.86. The van der Waals surface area contributed by atoms with E-state index < -0.39 is 0 Å². The molecule has 1 aromatic rings. The average Bonchev–Trinajstić information content (AvgIpc) is 2.62. The fraction of sp³-hybridized carbons (Fsp3) is 0.636. The quantitative estimate of drug-likeness (QED) is 0.756. The van der Waals surface area contributed by atoms with E-state index in [4.69, 9.17) is 4.74 Å². The van der Waals surface area contributed by atoms with Crippen LogP contribution in [0.1, 0.15) is 37.2 Å². The van der Waals surface area contributed by atoms with E-state index in [1.165, 1.54) is 0 Å². The highest BCUT2D eigenvalue weighted by molar-refractivity contribution is 9.10. The normalized spacial score (nSPS) is 12.8. The lowest BCUT2D eigenvalue weighted by Gasteiger charge is -2.13. The molecule has 16 heavy (non-hydrogen) atoms. The first-order valence-electron chi connectivity index (χ1n) is 5.43. The largest absolute Gasteiger partial charge is 0.373 e. The molecule has 1 atom stereocenters. The number of ketones is 1. The number of ether oxygens (including phenoxy) is 1. The van der Waals surface area contributed by atoms with Crippen molar-refractivity contribution in [1.82, 2.24) is 9.78 Å². The Morgan fingerprint density at radius 1 is 1.62 bits per heavy atom. The molecular weight excluding hydrogens is 272 g/mol. The van der Waals surface area contributed by atoms with Crippen molar-refractivity contribution in [3.8, 4) is 0 Å². The van der Waals surface area contributed by atoms with Crippen molar-refractivity contribution in [2.24, 2.45) is 0 Å². The van der Waals surface area contributed by atoms with Gasteiger partial charge in [0, 0.05) is 13.7 Å². The van der Waals surface area contributed by atoms with Gasteiger partial charge in [-0.1, -0.05) is 13.8 Å². The minimum Gasteiger partial charge on any atom is -0.373 e. The molecule has 1 unspecified atom stereocenters. The van der Waals surface area contributed by atoms with Gasteiger partial charge in [-0.3, -0.25) is 9.48 Å². The molecule has 0 aromatic carbocycles. The summed E-state index contributed by atoms with van der Waals surface area (Å²) < 4.78 is 7.63. The zero-order valence-corrected chi connectivity index (χ0v) is 11.5. The SMILES string of the molecule is CCCn1ncc(Br)c1C(=O)C(CC)OC. The number of nitrogens with zero attached hydrogens (tertiary/aromatic N) is 2. The number of Topliss-reactive ketones (excluding diaryl/α,β-unsaturated/α-hetero) is 1. The molecule has 1 rings (SSSR count). The van der Waals surface area contributed by atoms with E-state index in [1.54, 1.807) is 18.0 Å². The van der Waals surface area contributed by atoms with Gasteiger partial charge in [0.25, 0.3) is 0 Å². The predicted molar refractivity (Wildman–Crippen MR) is 65.6 cm³/mol. The van der Waals surface area contributed by atoms with Gasteiger partial charge < -0.3 is 4.74 Å². The Kier molecular flexibility index (Phi) is 5.15. The van der Waals surface area contributed by atoms with Gasteiger partial charge >= 0.3 is 0 Å². The molecule has 0 saturated carbocycles. The van der Waals surface area contributed by atoms with Gasteiger partial charge in [-0.05, 0) is 28.8 Å². The number of hydrogen-bond donors (Lipinski definition) is 0. The Morgan fingerprint density at radius 2 is 2.31 bits per heavy atom. The maximum atomic E-state index is 12.2. The summed E-state index contributed by atoms with van der Waals surface area (Å²) in [4.78, 5) is 12.2. The smallest absolute Gasteiger partial charge is 0.210 e. The number of aryl methyl sites for hydroxylation is 1. The Hall–Kier alpha value is -0.680. The van der Waals surface area contributed by atoms with Crippen molar-refractivity contribution >= 4 is 21.7 Å². The second-order valence-corrected chi connectivity index (χ2v) is 4.42. The molecule has 4 nitrogen and oxygen atoms in total. The lowest BCUT2D eigenvalue weighted by atomic mass is 10.1. The number of carbonyl (C=O) groups is 1. The third-order valence-corrected chi connectivity index (χ3v) is 2.99. The van der Waals surface area contributed by atoms with E-state index in [0.29, 0.717) is 12.1 Å². The number of methoxy groups -OCH3 is 1. The van der Waals surface area contributed by atoms with Gasteiger partial charge in [0.1, 0.15) is 11.8 Å². The van der Waals surface area contributed by atoms with E-state index in [2.05, 4.69) is 28.0 Å². The second kappa shape index (κ2) is 6.15. The number of aromatic nitrogens is 2. The molecule has 1 aromatic heterocycles. The first-order valence-corrected chi connectivity index (χ1v) is 6.23. The van der Waals surface area contributed by atoms with Crippen LogP contribution in [0.3, 0.4) is 0 Å². The maximum absolute atomic E-state index is 12.2. The highest BCUT2D eigenvalue weighted by atomic mass is 79.9. The molecule has 5 heteroatoms. The fourth-order valence-electron chi connectivity index (χ4n) is 1.60. The fourth-order valence-corrected chi connectivity index (χ4v) is 2.09. The standard InChI is InChI=1S/C11H17BrN2O2/c1-4-6-14-10(8(12)7-13-14)11(15)9(5-2)16-3/h7,9H,4-6H2,1-3H3. The molecule has 0 saturated heterocycles. The van der Waals surface area contributed by atoms with Gasteiger partial charge in [0.15, 0.2) is 0 Å². The number of rotatable bonds is 6. The molecule has 0 aliphatic rings. The predicted octanol–water partition coefficient (Wildman–Crippen LogP) is 2.66. The molecular formula is C11H17BrN2O2. The monoisotopic (exact) mass is 288 g/mol. The van der Waals surface area contributed by atoms with Crippen molar-refractivity contribution in [1.29, 1.82) is 0 Å². The van der Waals surface area contributed by atoms with Gasteiger partial charge in [0.2, 0.25) is 5.78 Å². The van der Waals surface area contributed by atoms with Crippen LogP contribution < -0.4 is 0 Å². The Labute approximate surface area is 104 Å². The molecule has 0 N–H and O–H groups in total. The van der Waals surface area contributed by atoms with Gasteiger partial charge in [-0.15, -0.1) is 0 Å². The summed E-state index contributed by atoms with van der Waals surface area (Å²) in [5.41, 5.74) is 0.607. The minimum absolute atomic E-state index is 0.0113. The van der Waals surface area contributed by atoms with Crippen molar-refractivity contribution in [2.45, 2.75) is 39.3 Å². The van der Waals surface area contributed by atoms with E-state index in [1.807, 2.05) is 6.92 Å². The molecule has 90 valence electrons. The molecule has 0 aliphatic carbocycles. The van der Waals surface area contributed by atoms with Crippen molar-refractivity contribution in [2.75, 3.05) is 7.11 Å². The van der Waals surface area contributed by atoms with Crippen LogP contribution in [0.25, 0.3) is 0 Å².